The Bertz CT molecular complexity index is 483. The molecule has 118 valence electrons. The number of rotatable bonds is 8. The summed E-state index contributed by atoms with van der Waals surface area (Å²) >= 11 is 0. The summed E-state index contributed by atoms with van der Waals surface area (Å²) in [6.45, 7) is 0.620. The number of non-ortho nitro benzene ring substituents is 1. The van der Waals surface area contributed by atoms with Crippen LogP contribution < -0.4 is 5.32 Å². The molecule has 0 aliphatic carbocycles. The van der Waals surface area contributed by atoms with E-state index in [-0.39, 0.29) is 5.69 Å². The van der Waals surface area contributed by atoms with Crippen LogP contribution in [-0.4, -0.2) is 23.8 Å². The zero-order valence-electron chi connectivity index (χ0n) is 11.4. The van der Waals surface area contributed by atoms with Crippen molar-refractivity contribution in [1.82, 2.24) is 5.32 Å². The molecule has 0 aliphatic rings. The number of nitrogens with one attached hydrogen (secondary N) is 1. The minimum Gasteiger partial charge on any atom is -0.304 e. The molecule has 1 aromatic carbocycles. The molecule has 1 atom stereocenters. The highest BCUT2D eigenvalue weighted by Gasteiger charge is 2.40. The maximum absolute atomic E-state index is 12.9. The van der Waals surface area contributed by atoms with Crippen molar-refractivity contribution in [2.24, 2.45) is 0 Å². The van der Waals surface area contributed by atoms with Gasteiger partial charge in [-0.05, 0) is 12.0 Å². The average molecular weight is 308 g/mol. The summed E-state index contributed by atoms with van der Waals surface area (Å²) in [7, 11) is 0. The van der Waals surface area contributed by atoms with Crippen LogP contribution in [0.15, 0.2) is 24.3 Å². The van der Waals surface area contributed by atoms with Gasteiger partial charge < -0.3 is 5.32 Å². The highest BCUT2D eigenvalue weighted by Crippen LogP contribution is 2.26. The van der Waals surface area contributed by atoms with E-state index in [9.17, 15) is 27.7 Å². The molecule has 0 bridgehead atoms. The first-order valence-corrected chi connectivity index (χ1v) is 6.41. The second-order valence-electron chi connectivity index (χ2n) is 4.64. The molecule has 0 fully saturated rings. The molecule has 1 aromatic rings. The van der Waals surface area contributed by atoms with Crippen molar-refractivity contribution in [2.45, 2.75) is 38.2 Å². The normalized spacial score (nSPS) is 13.4. The number of hydrogen-bond donors (Lipinski definition) is 1. The van der Waals surface area contributed by atoms with E-state index in [1.165, 1.54) is 18.2 Å². The van der Waals surface area contributed by atoms with Gasteiger partial charge in [-0.3, -0.25) is 10.1 Å². The molecular weight excluding hydrogens is 292 g/mol. The predicted octanol–water partition coefficient (Wildman–Crippen LogP) is 3.93. The molecule has 1 N–H and O–H groups in total. The van der Waals surface area contributed by atoms with Crippen LogP contribution in [0, 0.1) is 10.1 Å². The van der Waals surface area contributed by atoms with E-state index in [2.05, 4.69) is 5.32 Å². The van der Waals surface area contributed by atoms with Gasteiger partial charge in [0, 0.05) is 18.2 Å². The van der Waals surface area contributed by atoms with Crippen LogP contribution in [0.2, 0.25) is 0 Å². The zero-order valence-corrected chi connectivity index (χ0v) is 11.4. The Hall–Kier alpha value is -1.70. The fourth-order valence-electron chi connectivity index (χ4n) is 1.87. The first kappa shape index (κ1) is 17.4. The molecule has 0 saturated carbocycles. The van der Waals surface area contributed by atoms with Gasteiger partial charge in [0.1, 0.15) is 0 Å². The third kappa shape index (κ3) is 4.96. The highest BCUT2D eigenvalue weighted by atomic mass is 19.3. The van der Waals surface area contributed by atoms with E-state index in [0.29, 0.717) is 18.4 Å². The number of nitrogens with zero attached hydrogens (tertiary/aromatic N) is 1. The SMILES string of the molecule is CCCC(NCC(F)(F)C(F)F)c1cccc([N+](=O)[O-])c1. The van der Waals surface area contributed by atoms with Crippen molar-refractivity contribution in [3.8, 4) is 0 Å². The van der Waals surface area contributed by atoms with Gasteiger partial charge >= 0.3 is 12.3 Å². The molecule has 4 nitrogen and oxygen atoms in total. The van der Waals surface area contributed by atoms with Crippen molar-refractivity contribution in [1.29, 1.82) is 0 Å². The van der Waals surface area contributed by atoms with Crippen LogP contribution in [0.25, 0.3) is 0 Å². The van der Waals surface area contributed by atoms with Gasteiger partial charge in [-0.15, -0.1) is 0 Å². The Balaban J connectivity index is 2.86. The predicted molar refractivity (Wildman–Crippen MR) is 69.7 cm³/mol. The molecule has 0 aromatic heterocycles. The van der Waals surface area contributed by atoms with Crippen LogP contribution >= 0.6 is 0 Å². The standard InChI is InChI=1S/C13H16F4N2O2/c1-2-4-11(18-8-13(16,17)12(14)15)9-5-3-6-10(7-9)19(20)21/h3,5-7,11-12,18H,2,4,8H2,1H3. The second kappa shape index (κ2) is 7.35. The summed E-state index contributed by atoms with van der Waals surface area (Å²) in [6.07, 6.45) is -2.74. The third-order valence-electron chi connectivity index (χ3n) is 2.96. The molecule has 0 saturated heterocycles. The van der Waals surface area contributed by atoms with Gasteiger partial charge in [0.25, 0.3) is 5.69 Å². The minimum atomic E-state index is -4.13. The van der Waals surface area contributed by atoms with Gasteiger partial charge in [-0.25, -0.2) is 8.78 Å². The van der Waals surface area contributed by atoms with E-state index in [1.807, 2.05) is 0 Å². The number of hydrogen-bond acceptors (Lipinski definition) is 3. The molecule has 21 heavy (non-hydrogen) atoms. The largest absolute Gasteiger partial charge is 0.319 e. The summed E-state index contributed by atoms with van der Waals surface area (Å²) in [5.74, 6) is -4.13. The average Bonchev–Trinajstić information content (AvgIpc) is 2.43. The summed E-state index contributed by atoms with van der Waals surface area (Å²) in [5.41, 5.74) is 0.257. The summed E-state index contributed by atoms with van der Waals surface area (Å²) in [6, 6.07) is 4.87. The molecule has 0 amide bonds. The number of nitro benzene ring substituents is 1. The number of alkyl halides is 4. The monoisotopic (exact) mass is 308 g/mol. The maximum Gasteiger partial charge on any atom is 0.319 e. The zero-order chi connectivity index (χ0) is 16.0. The lowest BCUT2D eigenvalue weighted by atomic mass is 10.0. The van der Waals surface area contributed by atoms with Gasteiger partial charge in [0.15, 0.2) is 0 Å². The molecule has 1 unspecified atom stereocenters. The topological polar surface area (TPSA) is 55.2 Å². The third-order valence-corrected chi connectivity index (χ3v) is 2.96. The van der Waals surface area contributed by atoms with E-state index < -0.39 is 29.9 Å². The Morgan fingerprint density at radius 1 is 1.38 bits per heavy atom. The molecule has 0 heterocycles. The lowest BCUT2D eigenvalue weighted by molar-refractivity contribution is -0.384. The van der Waals surface area contributed by atoms with Gasteiger partial charge in [-0.2, -0.15) is 8.78 Å². The summed E-state index contributed by atoms with van der Waals surface area (Å²) in [5, 5.41) is 13.1. The molecule has 0 spiro atoms. The Labute approximate surface area is 119 Å². The molecule has 8 heteroatoms. The smallest absolute Gasteiger partial charge is 0.304 e. The van der Waals surface area contributed by atoms with E-state index >= 15 is 0 Å². The van der Waals surface area contributed by atoms with E-state index in [0.717, 1.165) is 0 Å². The fraction of sp³-hybridized carbons (Fsp3) is 0.538. The van der Waals surface area contributed by atoms with Crippen molar-refractivity contribution < 1.29 is 22.5 Å². The molecule has 0 aliphatic heterocycles. The quantitative estimate of drug-likeness (QED) is 0.450. The van der Waals surface area contributed by atoms with Crippen LogP contribution in [0.4, 0.5) is 23.2 Å². The number of nitro groups is 1. The Kier molecular flexibility index (Phi) is 6.07. The first-order valence-electron chi connectivity index (χ1n) is 6.41. The van der Waals surface area contributed by atoms with Crippen molar-refractivity contribution >= 4 is 5.69 Å². The fourth-order valence-corrected chi connectivity index (χ4v) is 1.87. The first-order chi connectivity index (χ1) is 9.77. The second-order valence-corrected chi connectivity index (χ2v) is 4.64. The minimum absolute atomic E-state index is 0.170. The molecular formula is C13H16F4N2O2. The summed E-state index contributed by atoms with van der Waals surface area (Å²) < 4.78 is 50.2. The van der Waals surface area contributed by atoms with Gasteiger partial charge in [0.05, 0.1) is 11.5 Å². The van der Waals surface area contributed by atoms with Crippen molar-refractivity contribution in [3.05, 3.63) is 39.9 Å². The van der Waals surface area contributed by atoms with Crippen LogP contribution in [-0.2, 0) is 0 Å². The Morgan fingerprint density at radius 3 is 2.57 bits per heavy atom. The molecule has 1 rings (SSSR count). The van der Waals surface area contributed by atoms with Crippen molar-refractivity contribution in [3.63, 3.8) is 0 Å². The van der Waals surface area contributed by atoms with Crippen LogP contribution in [0.5, 0.6) is 0 Å². The maximum atomic E-state index is 12.9. The number of halogens is 4. The molecule has 0 radical (unpaired) electrons. The van der Waals surface area contributed by atoms with Crippen molar-refractivity contribution in [2.75, 3.05) is 6.54 Å². The lowest BCUT2D eigenvalue weighted by Gasteiger charge is -2.22. The Morgan fingerprint density at radius 2 is 2.05 bits per heavy atom. The van der Waals surface area contributed by atoms with E-state index in [1.54, 1.807) is 13.0 Å². The summed E-state index contributed by atoms with van der Waals surface area (Å²) in [4.78, 5) is 10.1. The van der Waals surface area contributed by atoms with E-state index in [4.69, 9.17) is 0 Å². The highest BCUT2D eigenvalue weighted by molar-refractivity contribution is 5.35. The number of benzene rings is 1. The van der Waals surface area contributed by atoms with Crippen LogP contribution in [0.1, 0.15) is 31.4 Å². The van der Waals surface area contributed by atoms with Gasteiger partial charge in [-0.1, -0.05) is 25.5 Å². The van der Waals surface area contributed by atoms with Crippen LogP contribution in [0.3, 0.4) is 0 Å². The lowest BCUT2D eigenvalue weighted by Crippen LogP contribution is -2.40. The van der Waals surface area contributed by atoms with Gasteiger partial charge in [0.2, 0.25) is 0 Å².